The van der Waals surface area contributed by atoms with E-state index in [1.54, 1.807) is 25.2 Å². The van der Waals surface area contributed by atoms with Gasteiger partial charge in [0, 0.05) is 19.5 Å². The van der Waals surface area contributed by atoms with Crippen LogP contribution in [0.25, 0.3) is 0 Å². The Bertz CT molecular complexity index is 883. The van der Waals surface area contributed by atoms with Crippen LogP contribution < -0.4 is 24.4 Å². The summed E-state index contributed by atoms with van der Waals surface area (Å²) in [5.41, 5.74) is 1.59. The molecule has 2 amide bonds. The fraction of sp³-hybridized carbons (Fsp3) is 0.364. The summed E-state index contributed by atoms with van der Waals surface area (Å²) >= 11 is 0. The van der Waals surface area contributed by atoms with Gasteiger partial charge in [-0.1, -0.05) is 18.2 Å². The number of amides is 2. The SMILES string of the molecule is CCOc1ccccc1N1C[C@H](C(=O)NCc2ccc(OC)c(OC)c2)CC1=O. The zero-order valence-corrected chi connectivity index (χ0v) is 16.9. The number of carbonyl (C=O) groups excluding carboxylic acids is 2. The van der Waals surface area contributed by atoms with Crippen molar-refractivity contribution in [2.24, 2.45) is 5.92 Å². The first-order chi connectivity index (χ1) is 14.1. The molecule has 2 aromatic rings. The highest BCUT2D eigenvalue weighted by Crippen LogP contribution is 2.33. The second-order valence-corrected chi connectivity index (χ2v) is 6.71. The Balaban J connectivity index is 1.64. The van der Waals surface area contributed by atoms with E-state index in [9.17, 15) is 9.59 Å². The highest BCUT2D eigenvalue weighted by molar-refractivity contribution is 6.01. The number of anilines is 1. The normalized spacial score (nSPS) is 15.9. The van der Waals surface area contributed by atoms with Gasteiger partial charge in [0.1, 0.15) is 5.75 Å². The largest absolute Gasteiger partial charge is 0.493 e. The topological polar surface area (TPSA) is 77.1 Å². The maximum atomic E-state index is 12.7. The number of ether oxygens (including phenoxy) is 3. The quantitative estimate of drug-likeness (QED) is 0.740. The minimum Gasteiger partial charge on any atom is -0.493 e. The number of benzene rings is 2. The van der Waals surface area contributed by atoms with E-state index in [2.05, 4.69) is 5.32 Å². The molecule has 1 fully saturated rings. The molecule has 29 heavy (non-hydrogen) atoms. The molecule has 0 aliphatic carbocycles. The molecule has 1 aliphatic heterocycles. The molecule has 7 nitrogen and oxygen atoms in total. The van der Waals surface area contributed by atoms with Crippen LogP contribution in [0, 0.1) is 5.92 Å². The predicted octanol–water partition coefficient (Wildman–Crippen LogP) is 2.77. The number of hydrogen-bond acceptors (Lipinski definition) is 5. The monoisotopic (exact) mass is 398 g/mol. The van der Waals surface area contributed by atoms with Crippen molar-refractivity contribution in [3.05, 3.63) is 48.0 Å². The average molecular weight is 398 g/mol. The van der Waals surface area contributed by atoms with E-state index in [0.29, 0.717) is 42.6 Å². The van der Waals surface area contributed by atoms with E-state index in [4.69, 9.17) is 14.2 Å². The Hall–Kier alpha value is -3.22. The Labute approximate surface area is 170 Å². The molecular formula is C22H26N2O5. The van der Waals surface area contributed by atoms with E-state index in [1.165, 1.54) is 0 Å². The van der Waals surface area contributed by atoms with Crippen LogP contribution in [0.2, 0.25) is 0 Å². The first-order valence-corrected chi connectivity index (χ1v) is 9.58. The Morgan fingerprint density at radius 1 is 1.10 bits per heavy atom. The van der Waals surface area contributed by atoms with Crippen molar-refractivity contribution in [2.45, 2.75) is 19.9 Å². The van der Waals surface area contributed by atoms with Crippen molar-refractivity contribution in [3.63, 3.8) is 0 Å². The van der Waals surface area contributed by atoms with Crippen LogP contribution in [0.4, 0.5) is 5.69 Å². The maximum absolute atomic E-state index is 12.7. The van der Waals surface area contributed by atoms with Gasteiger partial charge < -0.3 is 24.4 Å². The highest BCUT2D eigenvalue weighted by atomic mass is 16.5. The lowest BCUT2D eigenvalue weighted by atomic mass is 10.1. The molecule has 0 radical (unpaired) electrons. The van der Waals surface area contributed by atoms with E-state index < -0.39 is 5.92 Å². The van der Waals surface area contributed by atoms with Gasteiger partial charge in [-0.05, 0) is 36.8 Å². The zero-order chi connectivity index (χ0) is 20.8. The van der Waals surface area contributed by atoms with E-state index >= 15 is 0 Å². The zero-order valence-electron chi connectivity index (χ0n) is 16.9. The number of nitrogens with one attached hydrogen (secondary N) is 1. The van der Waals surface area contributed by atoms with Crippen LogP contribution in [-0.4, -0.2) is 39.2 Å². The fourth-order valence-electron chi connectivity index (χ4n) is 3.40. The smallest absolute Gasteiger partial charge is 0.227 e. The van der Waals surface area contributed by atoms with Gasteiger partial charge in [0.15, 0.2) is 11.5 Å². The third kappa shape index (κ3) is 4.62. The van der Waals surface area contributed by atoms with Gasteiger partial charge in [0.2, 0.25) is 11.8 Å². The lowest BCUT2D eigenvalue weighted by Gasteiger charge is -2.20. The molecule has 3 rings (SSSR count). The van der Waals surface area contributed by atoms with Crippen molar-refractivity contribution in [1.29, 1.82) is 0 Å². The summed E-state index contributed by atoms with van der Waals surface area (Å²) < 4.78 is 16.1. The first kappa shape index (κ1) is 20.5. The molecule has 1 aliphatic rings. The summed E-state index contributed by atoms with van der Waals surface area (Å²) in [5, 5.41) is 2.92. The van der Waals surface area contributed by atoms with Crippen LogP contribution in [-0.2, 0) is 16.1 Å². The van der Waals surface area contributed by atoms with Gasteiger partial charge in [-0.3, -0.25) is 9.59 Å². The van der Waals surface area contributed by atoms with E-state index in [1.807, 2.05) is 43.3 Å². The number of rotatable bonds is 8. The number of methoxy groups -OCH3 is 2. The van der Waals surface area contributed by atoms with Crippen molar-refractivity contribution in [3.8, 4) is 17.2 Å². The van der Waals surface area contributed by atoms with Crippen molar-refractivity contribution < 1.29 is 23.8 Å². The van der Waals surface area contributed by atoms with Gasteiger partial charge >= 0.3 is 0 Å². The molecule has 154 valence electrons. The number of para-hydroxylation sites is 2. The fourth-order valence-corrected chi connectivity index (χ4v) is 3.40. The minimum atomic E-state index is -0.405. The summed E-state index contributed by atoms with van der Waals surface area (Å²) in [4.78, 5) is 26.8. The average Bonchev–Trinajstić information content (AvgIpc) is 3.14. The first-order valence-electron chi connectivity index (χ1n) is 9.58. The van der Waals surface area contributed by atoms with Crippen LogP contribution >= 0.6 is 0 Å². The number of hydrogen-bond donors (Lipinski definition) is 1. The van der Waals surface area contributed by atoms with Crippen molar-refractivity contribution in [1.82, 2.24) is 5.32 Å². The predicted molar refractivity (Wildman–Crippen MR) is 109 cm³/mol. The van der Waals surface area contributed by atoms with Gasteiger partial charge in [0.05, 0.1) is 32.4 Å². The molecular weight excluding hydrogens is 372 g/mol. The molecule has 1 N–H and O–H groups in total. The molecule has 0 saturated carbocycles. The molecule has 0 spiro atoms. The van der Waals surface area contributed by atoms with Crippen LogP contribution in [0.5, 0.6) is 17.2 Å². The van der Waals surface area contributed by atoms with E-state index in [0.717, 1.165) is 5.56 Å². The van der Waals surface area contributed by atoms with E-state index in [-0.39, 0.29) is 18.2 Å². The van der Waals surface area contributed by atoms with Crippen LogP contribution in [0.15, 0.2) is 42.5 Å². The number of nitrogens with zero attached hydrogens (tertiary/aromatic N) is 1. The molecule has 0 aromatic heterocycles. The third-order valence-corrected chi connectivity index (χ3v) is 4.87. The summed E-state index contributed by atoms with van der Waals surface area (Å²) in [6.07, 6.45) is 0.179. The molecule has 1 saturated heterocycles. The van der Waals surface area contributed by atoms with Crippen LogP contribution in [0.1, 0.15) is 18.9 Å². The summed E-state index contributed by atoms with van der Waals surface area (Å²) in [7, 11) is 3.14. The highest BCUT2D eigenvalue weighted by Gasteiger charge is 2.36. The van der Waals surface area contributed by atoms with Gasteiger partial charge in [-0.15, -0.1) is 0 Å². The van der Waals surface area contributed by atoms with Gasteiger partial charge in [-0.25, -0.2) is 0 Å². The van der Waals surface area contributed by atoms with Gasteiger partial charge in [0.25, 0.3) is 0 Å². The second kappa shape index (κ2) is 9.32. The third-order valence-electron chi connectivity index (χ3n) is 4.87. The molecule has 2 aromatic carbocycles. The Morgan fingerprint density at radius 2 is 1.86 bits per heavy atom. The number of carbonyl (C=O) groups is 2. The lowest BCUT2D eigenvalue weighted by molar-refractivity contribution is -0.126. The summed E-state index contributed by atoms with van der Waals surface area (Å²) in [6, 6.07) is 12.9. The molecule has 7 heteroatoms. The summed E-state index contributed by atoms with van der Waals surface area (Å²) in [5.74, 6) is 1.25. The maximum Gasteiger partial charge on any atom is 0.227 e. The lowest BCUT2D eigenvalue weighted by Crippen LogP contribution is -2.32. The Kier molecular flexibility index (Phi) is 6.59. The molecule has 1 heterocycles. The minimum absolute atomic E-state index is 0.0802. The molecule has 0 unspecified atom stereocenters. The second-order valence-electron chi connectivity index (χ2n) is 6.71. The molecule has 0 bridgehead atoms. The van der Waals surface area contributed by atoms with Crippen LogP contribution in [0.3, 0.4) is 0 Å². The Morgan fingerprint density at radius 3 is 2.59 bits per heavy atom. The standard InChI is InChI=1S/C22H26N2O5/c1-4-29-18-8-6-5-7-17(18)24-14-16(12-21(24)25)22(26)23-13-15-9-10-19(27-2)20(11-15)28-3/h5-11,16H,4,12-14H2,1-3H3,(H,23,26)/t16-/m1/s1. The van der Waals surface area contributed by atoms with Crippen molar-refractivity contribution in [2.75, 3.05) is 32.3 Å². The molecule has 1 atom stereocenters. The van der Waals surface area contributed by atoms with Crippen molar-refractivity contribution >= 4 is 17.5 Å². The summed E-state index contributed by atoms with van der Waals surface area (Å²) in [6.45, 7) is 3.08. The van der Waals surface area contributed by atoms with Gasteiger partial charge in [-0.2, -0.15) is 0 Å².